The molecule has 8 heteroatoms. The van der Waals surface area contributed by atoms with Crippen LogP contribution in [0.2, 0.25) is 0 Å². The summed E-state index contributed by atoms with van der Waals surface area (Å²) in [4.78, 5) is 39.6. The van der Waals surface area contributed by atoms with Crippen LogP contribution >= 0.6 is 0 Å². The van der Waals surface area contributed by atoms with E-state index >= 15 is 0 Å². The van der Waals surface area contributed by atoms with Gasteiger partial charge in [-0.2, -0.15) is 0 Å². The van der Waals surface area contributed by atoms with Gasteiger partial charge in [0.2, 0.25) is 5.91 Å². The number of aromatic nitrogens is 1. The number of carbonyl (C=O) groups excluding carboxylic acids is 3. The molecule has 2 aromatic rings. The number of halogens is 1. The highest BCUT2D eigenvalue weighted by atomic mass is 19.1. The fraction of sp³-hybridized carbons (Fsp3) is 0.176. The minimum atomic E-state index is -1.07. The van der Waals surface area contributed by atoms with Gasteiger partial charge in [0.15, 0.2) is 11.9 Å². The van der Waals surface area contributed by atoms with Crippen LogP contribution in [0.25, 0.3) is 0 Å². The number of esters is 1. The number of fused-ring (bicyclic) bond motifs is 1. The van der Waals surface area contributed by atoms with Gasteiger partial charge in [0.05, 0.1) is 11.3 Å². The van der Waals surface area contributed by atoms with Gasteiger partial charge in [0, 0.05) is 19.5 Å². The van der Waals surface area contributed by atoms with Gasteiger partial charge in [-0.05, 0) is 29.8 Å². The first-order valence-corrected chi connectivity index (χ1v) is 7.47. The van der Waals surface area contributed by atoms with Gasteiger partial charge in [-0.3, -0.25) is 9.59 Å². The van der Waals surface area contributed by atoms with E-state index in [0.29, 0.717) is 11.3 Å². The summed E-state index contributed by atoms with van der Waals surface area (Å²) in [6.45, 7) is 1.33. The molecule has 0 saturated carbocycles. The summed E-state index contributed by atoms with van der Waals surface area (Å²) in [5.74, 6) is -2.07. The first-order chi connectivity index (χ1) is 11.9. The molecule has 7 nitrogen and oxygen atoms in total. The van der Waals surface area contributed by atoms with Gasteiger partial charge in [-0.15, -0.1) is 0 Å². The summed E-state index contributed by atoms with van der Waals surface area (Å²) in [6, 6.07) is 6.94. The lowest BCUT2D eigenvalue weighted by Crippen LogP contribution is -2.38. The number of nitrogens with one attached hydrogen (secondary N) is 2. The van der Waals surface area contributed by atoms with E-state index in [1.54, 1.807) is 12.1 Å². The van der Waals surface area contributed by atoms with E-state index in [4.69, 9.17) is 4.74 Å². The second-order valence-corrected chi connectivity index (χ2v) is 5.47. The molecule has 0 saturated heterocycles. The van der Waals surface area contributed by atoms with Crippen LogP contribution < -0.4 is 10.6 Å². The van der Waals surface area contributed by atoms with Crippen molar-refractivity contribution in [3.8, 4) is 0 Å². The molecule has 0 spiro atoms. The summed E-state index contributed by atoms with van der Waals surface area (Å²) < 4.78 is 18.3. The molecule has 128 valence electrons. The molecule has 2 amide bonds. The third kappa shape index (κ3) is 3.63. The monoisotopic (exact) mass is 343 g/mol. The molecule has 0 fully saturated rings. The van der Waals surface area contributed by atoms with Crippen LogP contribution in [0.4, 0.5) is 15.9 Å². The molecule has 2 N–H and O–H groups in total. The first kappa shape index (κ1) is 16.6. The van der Waals surface area contributed by atoms with Crippen LogP contribution in [0.5, 0.6) is 0 Å². The van der Waals surface area contributed by atoms with Crippen LogP contribution in [0, 0.1) is 5.82 Å². The van der Waals surface area contributed by atoms with E-state index in [9.17, 15) is 18.8 Å². The SMILES string of the molecule is CC(=O)Nc1cccnc1NC(=O)C1Cc2ccc(F)cc2C(=O)O1. The number of carbonyl (C=O) groups is 3. The van der Waals surface area contributed by atoms with Crippen molar-refractivity contribution in [1.29, 1.82) is 0 Å². The van der Waals surface area contributed by atoms with Crippen LogP contribution in [-0.2, 0) is 20.7 Å². The highest BCUT2D eigenvalue weighted by molar-refractivity contribution is 6.02. The standard InChI is InChI=1S/C17H14FN3O4/c1-9(22)20-13-3-2-6-19-15(13)21-16(23)14-7-10-4-5-11(18)8-12(10)17(24)25-14/h2-6,8,14H,7H2,1H3,(H,20,22)(H,19,21,23). The molecular weight excluding hydrogens is 329 g/mol. The van der Waals surface area contributed by atoms with Crippen molar-refractivity contribution < 1.29 is 23.5 Å². The lowest BCUT2D eigenvalue weighted by Gasteiger charge is -2.24. The average molecular weight is 343 g/mol. The number of cyclic esters (lactones) is 1. The number of benzene rings is 1. The molecule has 1 aromatic carbocycles. The lowest BCUT2D eigenvalue weighted by molar-refractivity contribution is -0.125. The Balaban J connectivity index is 1.78. The maximum absolute atomic E-state index is 13.2. The van der Waals surface area contributed by atoms with Crippen molar-refractivity contribution >= 4 is 29.3 Å². The van der Waals surface area contributed by atoms with E-state index in [0.717, 1.165) is 6.07 Å². The average Bonchev–Trinajstić information content (AvgIpc) is 2.56. The van der Waals surface area contributed by atoms with Crippen molar-refractivity contribution in [2.75, 3.05) is 10.6 Å². The third-order valence-electron chi connectivity index (χ3n) is 3.60. The second-order valence-electron chi connectivity index (χ2n) is 5.47. The second kappa shape index (κ2) is 6.68. The summed E-state index contributed by atoms with van der Waals surface area (Å²) in [7, 11) is 0. The number of nitrogens with zero attached hydrogens (tertiary/aromatic N) is 1. The number of hydrogen-bond acceptors (Lipinski definition) is 5. The summed E-state index contributed by atoms with van der Waals surface area (Å²) in [5.41, 5.74) is 0.967. The normalized spacial score (nSPS) is 15.8. The Labute approximate surface area is 142 Å². The summed E-state index contributed by atoms with van der Waals surface area (Å²) >= 11 is 0. The number of pyridine rings is 1. The predicted molar refractivity (Wildman–Crippen MR) is 86.5 cm³/mol. The van der Waals surface area contributed by atoms with Gasteiger partial charge >= 0.3 is 5.97 Å². The van der Waals surface area contributed by atoms with E-state index in [1.807, 2.05) is 0 Å². The smallest absolute Gasteiger partial charge is 0.339 e. The van der Waals surface area contributed by atoms with E-state index < -0.39 is 23.8 Å². The van der Waals surface area contributed by atoms with Gasteiger partial charge in [0.1, 0.15) is 5.82 Å². The minimum Gasteiger partial charge on any atom is -0.448 e. The zero-order valence-electron chi connectivity index (χ0n) is 13.2. The fourth-order valence-corrected chi connectivity index (χ4v) is 2.49. The van der Waals surface area contributed by atoms with Crippen LogP contribution in [0.1, 0.15) is 22.8 Å². The van der Waals surface area contributed by atoms with Crippen molar-refractivity contribution in [1.82, 2.24) is 4.98 Å². The highest BCUT2D eigenvalue weighted by Gasteiger charge is 2.32. The van der Waals surface area contributed by atoms with E-state index in [1.165, 1.54) is 25.3 Å². The minimum absolute atomic E-state index is 0.112. The zero-order valence-corrected chi connectivity index (χ0v) is 13.2. The van der Waals surface area contributed by atoms with Crippen molar-refractivity contribution in [2.24, 2.45) is 0 Å². The molecule has 1 aliphatic rings. The Morgan fingerprint density at radius 1 is 1.28 bits per heavy atom. The molecule has 1 aliphatic heterocycles. The third-order valence-corrected chi connectivity index (χ3v) is 3.60. The van der Waals surface area contributed by atoms with Crippen LogP contribution in [-0.4, -0.2) is 28.9 Å². The molecular formula is C17H14FN3O4. The number of ether oxygens (including phenoxy) is 1. The van der Waals surface area contributed by atoms with Crippen LogP contribution in [0.3, 0.4) is 0 Å². The van der Waals surface area contributed by atoms with Crippen molar-refractivity contribution in [3.05, 3.63) is 53.5 Å². The molecule has 2 heterocycles. The molecule has 0 aliphatic carbocycles. The van der Waals surface area contributed by atoms with Gasteiger partial charge in [0.25, 0.3) is 5.91 Å². The Morgan fingerprint density at radius 3 is 2.84 bits per heavy atom. The molecule has 1 aromatic heterocycles. The fourth-order valence-electron chi connectivity index (χ4n) is 2.49. The topological polar surface area (TPSA) is 97.4 Å². The Kier molecular flexibility index (Phi) is 4.42. The van der Waals surface area contributed by atoms with Gasteiger partial charge in [-0.1, -0.05) is 6.07 Å². The predicted octanol–water partition coefficient (Wildman–Crippen LogP) is 1.90. The number of rotatable bonds is 3. The Morgan fingerprint density at radius 2 is 2.08 bits per heavy atom. The first-order valence-electron chi connectivity index (χ1n) is 7.47. The maximum Gasteiger partial charge on any atom is 0.339 e. The zero-order chi connectivity index (χ0) is 18.0. The lowest BCUT2D eigenvalue weighted by atomic mass is 9.98. The quantitative estimate of drug-likeness (QED) is 0.830. The van der Waals surface area contributed by atoms with Gasteiger partial charge in [-0.25, -0.2) is 14.2 Å². The molecule has 3 rings (SSSR count). The molecule has 1 unspecified atom stereocenters. The number of amides is 2. The molecule has 1 atom stereocenters. The molecule has 25 heavy (non-hydrogen) atoms. The maximum atomic E-state index is 13.2. The number of anilines is 2. The van der Waals surface area contributed by atoms with E-state index in [-0.39, 0.29) is 23.7 Å². The highest BCUT2D eigenvalue weighted by Crippen LogP contribution is 2.24. The van der Waals surface area contributed by atoms with Crippen LogP contribution in [0.15, 0.2) is 36.5 Å². The largest absolute Gasteiger partial charge is 0.448 e. The van der Waals surface area contributed by atoms with Crippen molar-refractivity contribution in [3.63, 3.8) is 0 Å². The number of hydrogen-bond donors (Lipinski definition) is 2. The van der Waals surface area contributed by atoms with E-state index in [2.05, 4.69) is 15.6 Å². The summed E-state index contributed by atoms with van der Waals surface area (Å²) in [6.07, 6.45) is 0.499. The summed E-state index contributed by atoms with van der Waals surface area (Å²) in [5, 5.41) is 5.08. The van der Waals surface area contributed by atoms with Crippen molar-refractivity contribution in [2.45, 2.75) is 19.4 Å². The van der Waals surface area contributed by atoms with Gasteiger partial charge < -0.3 is 15.4 Å². The Hall–Kier alpha value is -3.29. The molecule has 0 radical (unpaired) electrons. The molecule has 0 bridgehead atoms. The Bertz CT molecular complexity index is 869.